The molecule has 0 radical (unpaired) electrons. The smallest absolute Gasteiger partial charge is 0.187 e. The van der Waals surface area contributed by atoms with Crippen molar-refractivity contribution in [3.05, 3.63) is 58.7 Å². The van der Waals surface area contributed by atoms with Crippen LogP contribution in [0.5, 0.6) is 11.5 Å². The first-order valence-electron chi connectivity index (χ1n) is 7.79. The van der Waals surface area contributed by atoms with Gasteiger partial charge in [-0.3, -0.25) is 0 Å². The van der Waals surface area contributed by atoms with Crippen molar-refractivity contribution in [2.24, 2.45) is 0 Å². The maximum absolute atomic E-state index is 14.6. The molecule has 3 rings (SSSR count). The molecule has 0 heterocycles. The first-order chi connectivity index (χ1) is 11.8. The lowest BCUT2D eigenvalue weighted by Gasteiger charge is -2.35. The van der Waals surface area contributed by atoms with Gasteiger partial charge in [-0.15, -0.1) is 0 Å². The van der Waals surface area contributed by atoms with E-state index in [9.17, 15) is 32.2 Å². The fraction of sp³-hybridized carbons (Fsp3) is 0.333. The third-order valence-electron chi connectivity index (χ3n) is 4.71. The Morgan fingerprint density at radius 2 is 1.16 bits per heavy atom. The number of hydrogen-bond acceptors (Lipinski definition) is 2. The molecular weight excluding hydrogens is 343 g/mol. The molecule has 0 spiro atoms. The number of aromatic hydroxyl groups is 2. The van der Waals surface area contributed by atoms with E-state index in [0.717, 1.165) is 24.3 Å². The molecule has 134 valence electrons. The summed E-state index contributed by atoms with van der Waals surface area (Å²) in [7, 11) is 0. The van der Waals surface area contributed by atoms with Gasteiger partial charge < -0.3 is 10.2 Å². The Kier molecular flexibility index (Phi) is 4.58. The molecule has 0 aromatic heterocycles. The van der Waals surface area contributed by atoms with Crippen molar-refractivity contribution in [1.82, 2.24) is 0 Å². The zero-order valence-corrected chi connectivity index (χ0v) is 12.9. The average Bonchev–Trinajstić information content (AvgIpc) is 2.56. The summed E-state index contributed by atoms with van der Waals surface area (Å²) in [5, 5.41) is 18.4. The quantitative estimate of drug-likeness (QED) is 0.738. The predicted molar refractivity (Wildman–Crippen MR) is 80.3 cm³/mol. The van der Waals surface area contributed by atoms with Gasteiger partial charge >= 0.3 is 0 Å². The minimum Gasteiger partial charge on any atom is -0.503 e. The Balaban J connectivity index is 2.09. The molecule has 3 unspecified atom stereocenters. The Morgan fingerprint density at radius 3 is 1.64 bits per heavy atom. The average molecular weight is 358 g/mol. The van der Waals surface area contributed by atoms with Gasteiger partial charge in [-0.25, -0.2) is 22.0 Å². The molecule has 1 aliphatic carbocycles. The second-order valence-electron chi connectivity index (χ2n) is 6.25. The van der Waals surface area contributed by atoms with Gasteiger partial charge in [-0.2, -0.15) is 0 Å². The fourth-order valence-corrected chi connectivity index (χ4v) is 3.54. The molecule has 0 amide bonds. The molecule has 1 saturated carbocycles. The molecule has 25 heavy (non-hydrogen) atoms. The Hall–Kier alpha value is -2.31. The molecule has 1 aliphatic rings. The number of benzene rings is 2. The van der Waals surface area contributed by atoms with Gasteiger partial charge in [0.25, 0.3) is 0 Å². The third kappa shape index (κ3) is 3.15. The summed E-state index contributed by atoms with van der Waals surface area (Å²) in [4.78, 5) is 0. The predicted octanol–water partition coefficient (Wildman–Crippen LogP) is 5.04. The zero-order chi connectivity index (χ0) is 18.3. The van der Waals surface area contributed by atoms with E-state index in [2.05, 4.69) is 0 Å². The van der Waals surface area contributed by atoms with Crippen molar-refractivity contribution in [3.8, 4) is 11.5 Å². The molecule has 0 aliphatic heterocycles. The van der Waals surface area contributed by atoms with E-state index in [-0.39, 0.29) is 17.5 Å². The van der Waals surface area contributed by atoms with Crippen LogP contribution in [0.4, 0.5) is 22.0 Å². The largest absolute Gasteiger partial charge is 0.503 e. The maximum atomic E-state index is 14.6. The van der Waals surface area contributed by atoms with Gasteiger partial charge in [0.05, 0.1) is 0 Å². The van der Waals surface area contributed by atoms with Crippen LogP contribution in [-0.2, 0) is 0 Å². The first-order valence-corrected chi connectivity index (χ1v) is 7.79. The van der Waals surface area contributed by atoms with Crippen molar-refractivity contribution in [3.63, 3.8) is 0 Å². The summed E-state index contributed by atoms with van der Waals surface area (Å²) >= 11 is 0. The van der Waals surface area contributed by atoms with Gasteiger partial charge in [-0.1, -0.05) is 0 Å². The standard InChI is InChI=1S/C18H15F5O2/c19-11-3-1-2-10(8-4-12(20)17(24)13(21)5-8)16(11)9-6-14(22)18(25)15(23)7-9/h4-7,10-11,16,24-25H,1-3H2. The third-order valence-corrected chi connectivity index (χ3v) is 4.71. The molecule has 7 heteroatoms. The van der Waals surface area contributed by atoms with Crippen LogP contribution in [0.25, 0.3) is 0 Å². The summed E-state index contributed by atoms with van der Waals surface area (Å²) in [5.41, 5.74) is 0.0768. The summed E-state index contributed by atoms with van der Waals surface area (Å²) < 4.78 is 69.2. The molecule has 2 nitrogen and oxygen atoms in total. The number of hydrogen-bond donors (Lipinski definition) is 2. The number of halogens is 5. The van der Waals surface area contributed by atoms with Gasteiger partial charge in [0.2, 0.25) is 0 Å². The van der Waals surface area contributed by atoms with Crippen LogP contribution in [0.2, 0.25) is 0 Å². The van der Waals surface area contributed by atoms with Crippen LogP contribution < -0.4 is 0 Å². The highest BCUT2D eigenvalue weighted by molar-refractivity contribution is 5.38. The minimum absolute atomic E-state index is 0.0288. The molecule has 0 bridgehead atoms. The van der Waals surface area contributed by atoms with E-state index < -0.39 is 52.8 Å². The first kappa shape index (κ1) is 17.5. The molecule has 2 aromatic carbocycles. The second-order valence-corrected chi connectivity index (χ2v) is 6.25. The summed E-state index contributed by atoms with van der Waals surface area (Å²) in [5.74, 6) is -8.86. The molecular formula is C18H15F5O2. The molecule has 2 aromatic rings. The lowest BCUT2D eigenvalue weighted by molar-refractivity contribution is 0.193. The summed E-state index contributed by atoms with van der Waals surface area (Å²) in [6, 6.07) is 3.48. The van der Waals surface area contributed by atoms with Crippen molar-refractivity contribution < 1.29 is 32.2 Å². The van der Waals surface area contributed by atoms with Crippen molar-refractivity contribution in [2.75, 3.05) is 0 Å². The molecule has 0 saturated heterocycles. The maximum Gasteiger partial charge on any atom is 0.187 e. The van der Waals surface area contributed by atoms with Crippen LogP contribution in [0.1, 0.15) is 42.2 Å². The van der Waals surface area contributed by atoms with Crippen LogP contribution >= 0.6 is 0 Å². The van der Waals surface area contributed by atoms with Crippen LogP contribution in [0, 0.1) is 23.3 Å². The van der Waals surface area contributed by atoms with Crippen LogP contribution in [0.15, 0.2) is 24.3 Å². The highest BCUT2D eigenvalue weighted by Gasteiger charge is 2.37. The topological polar surface area (TPSA) is 40.5 Å². The fourth-order valence-electron chi connectivity index (χ4n) is 3.54. The Labute approximate surface area is 140 Å². The van der Waals surface area contributed by atoms with Crippen LogP contribution in [0.3, 0.4) is 0 Å². The van der Waals surface area contributed by atoms with E-state index in [1.807, 2.05) is 0 Å². The highest BCUT2D eigenvalue weighted by Crippen LogP contribution is 2.47. The van der Waals surface area contributed by atoms with E-state index in [0.29, 0.717) is 12.8 Å². The zero-order valence-electron chi connectivity index (χ0n) is 12.9. The molecule has 2 N–H and O–H groups in total. The Morgan fingerprint density at radius 1 is 0.720 bits per heavy atom. The van der Waals surface area contributed by atoms with Crippen molar-refractivity contribution in [2.45, 2.75) is 37.3 Å². The number of phenolic OH excluding ortho intramolecular Hbond substituents is 2. The number of phenols is 2. The van der Waals surface area contributed by atoms with Gasteiger partial charge in [-0.05, 0) is 60.6 Å². The van der Waals surface area contributed by atoms with E-state index in [4.69, 9.17) is 0 Å². The van der Waals surface area contributed by atoms with Gasteiger partial charge in [0.15, 0.2) is 34.8 Å². The normalized spacial score (nSPS) is 23.6. The lowest BCUT2D eigenvalue weighted by atomic mass is 9.71. The summed E-state index contributed by atoms with van der Waals surface area (Å²) in [6.45, 7) is 0. The number of rotatable bonds is 2. The van der Waals surface area contributed by atoms with Crippen LogP contribution in [-0.4, -0.2) is 16.4 Å². The SMILES string of the molecule is Oc1c(F)cc(C2CCCC(F)C2c2cc(F)c(O)c(F)c2)cc1F. The monoisotopic (exact) mass is 358 g/mol. The Bertz CT molecular complexity index is 762. The molecule has 1 fully saturated rings. The minimum atomic E-state index is -1.47. The highest BCUT2D eigenvalue weighted by atomic mass is 19.1. The van der Waals surface area contributed by atoms with Crippen molar-refractivity contribution >= 4 is 0 Å². The van der Waals surface area contributed by atoms with Gasteiger partial charge in [0, 0.05) is 5.92 Å². The van der Waals surface area contributed by atoms with E-state index in [1.165, 1.54) is 0 Å². The number of alkyl halides is 1. The lowest BCUT2D eigenvalue weighted by Crippen LogP contribution is -2.27. The van der Waals surface area contributed by atoms with E-state index in [1.54, 1.807) is 0 Å². The molecule has 3 atom stereocenters. The summed E-state index contributed by atoms with van der Waals surface area (Å²) in [6.07, 6.45) is -0.523. The van der Waals surface area contributed by atoms with Gasteiger partial charge in [0.1, 0.15) is 6.17 Å². The second kappa shape index (κ2) is 6.54. The van der Waals surface area contributed by atoms with Crippen molar-refractivity contribution in [1.29, 1.82) is 0 Å². The van der Waals surface area contributed by atoms with E-state index >= 15 is 0 Å².